The second-order valence-electron chi connectivity index (χ2n) is 3.36. The molecule has 6 heteroatoms. The molecule has 0 aromatic heterocycles. The molecule has 1 unspecified atom stereocenters. The molecule has 94 valence electrons. The van der Waals surface area contributed by atoms with Crippen molar-refractivity contribution in [3.63, 3.8) is 0 Å². The topological polar surface area (TPSA) is 38.3 Å². The molecule has 0 radical (unpaired) electrons. The van der Waals surface area contributed by atoms with Crippen molar-refractivity contribution in [2.24, 2.45) is 0 Å². The summed E-state index contributed by atoms with van der Waals surface area (Å²) in [5, 5.41) is 3.31. The fourth-order valence-electron chi connectivity index (χ4n) is 1.21. The van der Waals surface area contributed by atoms with Crippen molar-refractivity contribution in [2.45, 2.75) is 11.4 Å². The molecule has 3 nitrogen and oxygen atoms in total. The molecule has 0 aliphatic rings. The van der Waals surface area contributed by atoms with Gasteiger partial charge in [-0.15, -0.1) is 0 Å². The molecule has 0 amide bonds. The van der Waals surface area contributed by atoms with Gasteiger partial charge in [0.05, 0.1) is 7.11 Å². The van der Waals surface area contributed by atoms with E-state index in [9.17, 15) is 9.18 Å². The quantitative estimate of drug-likeness (QED) is 0.668. The lowest BCUT2D eigenvalue weighted by molar-refractivity contribution is -0.139. The van der Waals surface area contributed by atoms with Crippen LogP contribution in [0.3, 0.4) is 0 Å². The fraction of sp³-hybridized carbons (Fsp3) is 0.364. The lowest BCUT2D eigenvalue weighted by Crippen LogP contribution is -2.29. The van der Waals surface area contributed by atoms with Crippen LogP contribution in [0.15, 0.2) is 18.2 Å². The maximum Gasteiger partial charge on any atom is 0.320 e. The maximum absolute atomic E-state index is 13.4. The van der Waals surface area contributed by atoms with Gasteiger partial charge < -0.3 is 10.1 Å². The molecule has 0 spiro atoms. The van der Waals surface area contributed by atoms with E-state index in [1.54, 1.807) is 12.1 Å². The summed E-state index contributed by atoms with van der Waals surface area (Å²) in [6.45, 7) is 0.677. The van der Waals surface area contributed by atoms with Crippen LogP contribution in [0, 0.1) is 5.82 Å². The largest absolute Gasteiger partial charge is 0.468 e. The van der Waals surface area contributed by atoms with Gasteiger partial charge in [-0.05, 0) is 12.1 Å². The summed E-state index contributed by atoms with van der Waals surface area (Å²) in [4.78, 5) is 10.6. The van der Waals surface area contributed by atoms with Gasteiger partial charge in [0.1, 0.15) is 10.6 Å². The monoisotopic (exact) mass is 323 g/mol. The Morgan fingerprint density at radius 1 is 1.65 bits per heavy atom. The van der Waals surface area contributed by atoms with Crippen molar-refractivity contribution >= 4 is 33.5 Å². The minimum absolute atomic E-state index is 0.322. The van der Waals surface area contributed by atoms with E-state index in [1.165, 1.54) is 13.2 Å². The highest BCUT2D eigenvalue weighted by molar-refractivity contribution is 9.10. The van der Waals surface area contributed by atoms with Gasteiger partial charge in [0.25, 0.3) is 0 Å². The Morgan fingerprint density at radius 2 is 2.35 bits per heavy atom. The molecule has 0 bridgehead atoms. The van der Waals surface area contributed by atoms with E-state index < -0.39 is 4.83 Å². The molecule has 1 aromatic rings. The van der Waals surface area contributed by atoms with Crippen LogP contribution in [0.1, 0.15) is 5.56 Å². The Hall–Kier alpha value is -0.650. The molecule has 0 aliphatic carbocycles. The number of alkyl halides is 1. The highest BCUT2D eigenvalue weighted by atomic mass is 79.9. The predicted octanol–water partition coefficient (Wildman–Crippen LogP) is 2.51. The van der Waals surface area contributed by atoms with Crippen LogP contribution < -0.4 is 5.32 Å². The second-order valence-corrected chi connectivity index (χ2v) is 4.90. The third-order valence-corrected chi connectivity index (χ3v) is 3.04. The first-order valence-corrected chi connectivity index (χ1v) is 6.20. The standard InChI is InChI=1S/C11H12BrClFNO2/c1-17-11(16)9(12)6-15-5-7-2-3-8(13)4-10(7)14/h2-4,9,15H,5-6H2,1H3. The number of rotatable bonds is 5. The predicted molar refractivity (Wildman–Crippen MR) is 67.8 cm³/mol. The van der Waals surface area contributed by atoms with Gasteiger partial charge in [0, 0.05) is 23.7 Å². The summed E-state index contributed by atoms with van der Waals surface area (Å²) in [6, 6.07) is 4.48. The Labute approximate surface area is 112 Å². The molecule has 0 saturated carbocycles. The van der Waals surface area contributed by atoms with Gasteiger partial charge in [0.2, 0.25) is 0 Å². The van der Waals surface area contributed by atoms with Gasteiger partial charge in [-0.2, -0.15) is 0 Å². The third-order valence-electron chi connectivity index (χ3n) is 2.11. The van der Waals surface area contributed by atoms with Crippen LogP contribution in [-0.4, -0.2) is 24.5 Å². The van der Waals surface area contributed by atoms with Crippen molar-refractivity contribution in [3.8, 4) is 0 Å². The first-order valence-electron chi connectivity index (χ1n) is 4.91. The molecule has 1 N–H and O–H groups in total. The number of hydrogen-bond acceptors (Lipinski definition) is 3. The molecule has 17 heavy (non-hydrogen) atoms. The summed E-state index contributed by atoms with van der Waals surface area (Å²) in [5.74, 6) is -0.733. The zero-order valence-electron chi connectivity index (χ0n) is 9.17. The smallest absolute Gasteiger partial charge is 0.320 e. The number of benzene rings is 1. The van der Waals surface area contributed by atoms with Crippen LogP contribution >= 0.6 is 27.5 Å². The van der Waals surface area contributed by atoms with Crippen LogP contribution in [0.2, 0.25) is 5.02 Å². The summed E-state index contributed by atoms with van der Waals surface area (Å²) in [7, 11) is 1.31. The van der Waals surface area contributed by atoms with Crippen molar-refractivity contribution in [3.05, 3.63) is 34.6 Å². The third kappa shape index (κ3) is 4.61. The van der Waals surface area contributed by atoms with Gasteiger partial charge in [-0.1, -0.05) is 33.6 Å². The zero-order valence-corrected chi connectivity index (χ0v) is 11.5. The van der Waals surface area contributed by atoms with E-state index in [-0.39, 0.29) is 11.8 Å². The molecule has 1 rings (SSSR count). The van der Waals surface area contributed by atoms with Crippen molar-refractivity contribution in [2.75, 3.05) is 13.7 Å². The molecule has 0 heterocycles. The van der Waals surface area contributed by atoms with Crippen LogP contribution in [-0.2, 0) is 16.1 Å². The van der Waals surface area contributed by atoms with E-state index in [0.29, 0.717) is 23.7 Å². The zero-order chi connectivity index (χ0) is 12.8. The van der Waals surface area contributed by atoms with E-state index >= 15 is 0 Å². The lowest BCUT2D eigenvalue weighted by Gasteiger charge is -2.09. The summed E-state index contributed by atoms with van der Waals surface area (Å²) >= 11 is 8.79. The number of hydrogen-bond donors (Lipinski definition) is 1. The van der Waals surface area contributed by atoms with E-state index in [4.69, 9.17) is 11.6 Å². The Kier molecular flexibility index (Phi) is 5.88. The van der Waals surface area contributed by atoms with Gasteiger partial charge in [-0.3, -0.25) is 4.79 Å². The summed E-state index contributed by atoms with van der Waals surface area (Å²) in [6.07, 6.45) is 0. The summed E-state index contributed by atoms with van der Waals surface area (Å²) < 4.78 is 17.9. The lowest BCUT2D eigenvalue weighted by atomic mass is 10.2. The number of ether oxygens (including phenoxy) is 1. The normalized spacial score (nSPS) is 12.2. The van der Waals surface area contributed by atoms with Gasteiger partial charge in [-0.25, -0.2) is 4.39 Å². The highest BCUT2D eigenvalue weighted by Crippen LogP contribution is 2.14. The second kappa shape index (κ2) is 6.93. The first-order chi connectivity index (χ1) is 8.04. The van der Waals surface area contributed by atoms with E-state index in [2.05, 4.69) is 26.0 Å². The van der Waals surface area contributed by atoms with Gasteiger partial charge in [0.15, 0.2) is 0 Å². The SMILES string of the molecule is COC(=O)C(Br)CNCc1ccc(Cl)cc1F. The molecule has 0 fully saturated rings. The number of carbonyl (C=O) groups is 1. The first kappa shape index (κ1) is 14.4. The van der Waals surface area contributed by atoms with Crippen LogP contribution in [0.4, 0.5) is 4.39 Å². The van der Waals surface area contributed by atoms with Crippen LogP contribution in [0.25, 0.3) is 0 Å². The molecule has 1 aromatic carbocycles. The molecule has 0 aliphatic heterocycles. The minimum atomic E-state index is -0.442. The molecular formula is C11H12BrClFNO2. The van der Waals surface area contributed by atoms with E-state index in [1.807, 2.05) is 0 Å². The number of esters is 1. The van der Waals surface area contributed by atoms with Crippen molar-refractivity contribution in [1.82, 2.24) is 5.32 Å². The number of carbonyl (C=O) groups excluding carboxylic acids is 1. The Balaban J connectivity index is 2.43. The number of halogens is 3. The molecule has 1 atom stereocenters. The highest BCUT2D eigenvalue weighted by Gasteiger charge is 2.14. The summed E-state index contributed by atoms with van der Waals surface area (Å²) in [5.41, 5.74) is 0.499. The van der Waals surface area contributed by atoms with E-state index in [0.717, 1.165) is 0 Å². The Morgan fingerprint density at radius 3 is 2.94 bits per heavy atom. The Bertz CT molecular complexity index is 403. The van der Waals surface area contributed by atoms with Crippen molar-refractivity contribution in [1.29, 1.82) is 0 Å². The number of nitrogens with one attached hydrogen (secondary N) is 1. The fourth-order valence-corrected chi connectivity index (χ4v) is 1.78. The average molecular weight is 325 g/mol. The average Bonchev–Trinajstić information content (AvgIpc) is 2.30. The number of methoxy groups -OCH3 is 1. The minimum Gasteiger partial charge on any atom is -0.468 e. The van der Waals surface area contributed by atoms with Crippen molar-refractivity contribution < 1.29 is 13.9 Å². The molecule has 0 saturated heterocycles. The van der Waals surface area contributed by atoms with Crippen LogP contribution in [0.5, 0.6) is 0 Å². The maximum atomic E-state index is 13.4. The van der Waals surface area contributed by atoms with Gasteiger partial charge >= 0.3 is 5.97 Å². The molecular weight excluding hydrogens is 312 g/mol.